The topological polar surface area (TPSA) is 15.3 Å². The molecule has 0 bridgehead atoms. The molecule has 0 amide bonds. The minimum absolute atomic E-state index is 0.633. The number of hydrogen-bond acceptors (Lipinski definition) is 2. The number of nitrogens with zero attached hydrogens (tertiary/aromatic N) is 1. The number of nitrogens with one attached hydrogen (secondary N) is 1. The molecular weight excluding hydrogens is 196 g/mol. The summed E-state index contributed by atoms with van der Waals surface area (Å²) in [5.41, 5.74) is 0. The molecule has 0 heterocycles. The zero-order valence-electron chi connectivity index (χ0n) is 11.5. The Balaban J connectivity index is 2.00. The molecule has 1 atom stereocenters. The van der Waals surface area contributed by atoms with Crippen molar-refractivity contribution in [3.63, 3.8) is 0 Å². The lowest BCUT2D eigenvalue weighted by molar-refractivity contribution is 0.293. The second-order valence-corrected chi connectivity index (χ2v) is 5.50. The first-order valence-corrected chi connectivity index (χ1v) is 7.14. The predicted octanol–water partition coefficient (Wildman–Crippen LogP) is 2.89. The summed E-state index contributed by atoms with van der Waals surface area (Å²) >= 11 is 0. The number of hydrogen-bond donors (Lipinski definition) is 1. The fourth-order valence-corrected chi connectivity index (χ4v) is 2.67. The van der Waals surface area contributed by atoms with Crippen LogP contribution in [-0.2, 0) is 0 Å². The normalized spacial score (nSPS) is 20.2. The van der Waals surface area contributed by atoms with Crippen molar-refractivity contribution in [3.8, 4) is 0 Å². The van der Waals surface area contributed by atoms with Gasteiger partial charge in [-0.25, -0.2) is 0 Å². The van der Waals surface area contributed by atoms with Crippen LogP contribution >= 0.6 is 0 Å². The van der Waals surface area contributed by atoms with E-state index < -0.39 is 0 Å². The molecule has 1 fully saturated rings. The number of likely N-dealkylation sites (N-methyl/N-ethyl adjacent to an activating group) is 1. The smallest absolute Gasteiger partial charge is 0.0166 e. The van der Waals surface area contributed by atoms with Crippen molar-refractivity contribution in [2.45, 2.75) is 58.4 Å². The number of rotatable bonds is 7. The highest BCUT2D eigenvalue weighted by atomic mass is 15.1. The van der Waals surface area contributed by atoms with Gasteiger partial charge in [-0.2, -0.15) is 0 Å². The molecule has 16 heavy (non-hydrogen) atoms. The summed E-state index contributed by atoms with van der Waals surface area (Å²) in [6.07, 6.45) is 8.76. The molecule has 0 aliphatic heterocycles. The Kier molecular flexibility index (Phi) is 7.06. The third-order valence-electron chi connectivity index (χ3n) is 3.90. The standard InChI is InChI=1S/C14H30N2/c1-4-16(3)12-13(2)15-11-10-14-8-6-5-7-9-14/h13-15H,4-12H2,1-3H3. The Hall–Kier alpha value is -0.0800. The Bertz CT molecular complexity index is 164. The first kappa shape index (κ1) is 14.0. The second kappa shape index (κ2) is 8.08. The highest BCUT2D eigenvalue weighted by Crippen LogP contribution is 2.25. The van der Waals surface area contributed by atoms with Crippen LogP contribution in [0.4, 0.5) is 0 Å². The summed E-state index contributed by atoms with van der Waals surface area (Å²) in [6, 6.07) is 0.633. The summed E-state index contributed by atoms with van der Waals surface area (Å²) < 4.78 is 0. The van der Waals surface area contributed by atoms with E-state index in [-0.39, 0.29) is 0 Å². The van der Waals surface area contributed by atoms with Crippen LogP contribution in [0.15, 0.2) is 0 Å². The quantitative estimate of drug-likeness (QED) is 0.718. The molecule has 1 unspecified atom stereocenters. The van der Waals surface area contributed by atoms with E-state index in [2.05, 4.69) is 31.1 Å². The van der Waals surface area contributed by atoms with Gasteiger partial charge in [-0.1, -0.05) is 39.0 Å². The Morgan fingerprint density at radius 1 is 1.25 bits per heavy atom. The van der Waals surface area contributed by atoms with E-state index in [4.69, 9.17) is 0 Å². The van der Waals surface area contributed by atoms with Crippen LogP contribution in [0.5, 0.6) is 0 Å². The van der Waals surface area contributed by atoms with Gasteiger partial charge in [0.15, 0.2) is 0 Å². The maximum atomic E-state index is 3.65. The van der Waals surface area contributed by atoms with Gasteiger partial charge in [-0.3, -0.25) is 0 Å². The van der Waals surface area contributed by atoms with Crippen LogP contribution in [0.25, 0.3) is 0 Å². The molecule has 0 aromatic rings. The van der Waals surface area contributed by atoms with Crippen molar-refractivity contribution >= 4 is 0 Å². The second-order valence-electron chi connectivity index (χ2n) is 5.50. The van der Waals surface area contributed by atoms with E-state index in [9.17, 15) is 0 Å². The van der Waals surface area contributed by atoms with Gasteiger partial charge in [0.25, 0.3) is 0 Å². The molecule has 2 heteroatoms. The van der Waals surface area contributed by atoms with Crippen LogP contribution < -0.4 is 5.32 Å². The molecule has 1 aliphatic rings. The van der Waals surface area contributed by atoms with E-state index in [1.54, 1.807) is 0 Å². The van der Waals surface area contributed by atoms with Gasteiger partial charge in [0.1, 0.15) is 0 Å². The van der Waals surface area contributed by atoms with Gasteiger partial charge >= 0.3 is 0 Å². The van der Waals surface area contributed by atoms with E-state index >= 15 is 0 Å². The molecule has 1 N–H and O–H groups in total. The molecule has 1 saturated carbocycles. The third kappa shape index (κ3) is 5.86. The lowest BCUT2D eigenvalue weighted by Crippen LogP contribution is -2.38. The minimum atomic E-state index is 0.633. The van der Waals surface area contributed by atoms with Crippen molar-refractivity contribution in [2.24, 2.45) is 5.92 Å². The summed E-state index contributed by atoms with van der Waals surface area (Å²) in [5.74, 6) is 1.01. The van der Waals surface area contributed by atoms with Gasteiger partial charge in [0.2, 0.25) is 0 Å². The van der Waals surface area contributed by atoms with Crippen molar-refractivity contribution in [1.82, 2.24) is 10.2 Å². The van der Waals surface area contributed by atoms with Gasteiger partial charge in [0, 0.05) is 12.6 Å². The first-order chi connectivity index (χ1) is 7.72. The molecule has 0 aromatic heterocycles. The van der Waals surface area contributed by atoms with Crippen molar-refractivity contribution in [2.75, 3.05) is 26.7 Å². The average molecular weight is 226 g/mol. The zero-order valence-corrected chi connectivity index (χ0v) is 11.5. The summed E-state index contributed by atoms with van der Waals surface area (Å²) in [7, 11) is 2.19. The molecule has 1 aliphatic carbocycles. The largest absolute Gasteiger partial charge is 0.313 e. The van der Waals surface area contributed by atoms with Crippen LogP contribution in [0, 0.1) is 5.92 Å². The highest BCUT2D eigenvalue weighted by molar-refractivity contribution is 4.69. The molecule has 0 aromatic carbocycles. The predicted molar refractivity (Wildman–Crippen MR) is 71.8 cm³/mol. The van der Waals surface area contributed by atoms with Crippen LogP contribution in [0.3, 0.4) is 0 Å². The van der Waals surface area contributed by atoms with Gasteiger partial charge in [0.05, 0.1) is 0 Å². The van der Waals surface area contributed by atoms with E-state index in [0.29, 0.717) is 6.04 Å². The summed E-state index contributed by atoms with van der Waals surface area (Å²) in [4.78, 5) is 2.37. The lowest BCUT2D eigenvalue weighted by atomic mass is 9.87. The molecule has 0 spiro atoms. The molecule has 1 rings (SSSR count). The SMILES string of the molecule is CCN(C)CC(C)NCCC1CCCCC1. The van der Waals surface area contributed by atoms with Gasteiger partial charge in [-0.15, -0.1) is 0 Å². The van der Waals surface area contributed by atoms with Crippen LogP contribution in [0.1, 0.15) is 52.4 Å². The molecule has 96 valence electrons. The maximum absolute atomic E-state index is 3.65. The average Bonchev–Trinajstić information content (AvgIpc) is 2.30. The summed E-state index contributed by atoms with van der Waals surface area (Å²) in [5, 5.41) is 3.65. The molecule has 2 nitrogen and oxygen atoms in total. The van der Waals surface area contributed by atoms with E-state index in [0.717, 1.165) is 12.5 Å². The maximum Gasteiger partial charge on any atom is 0.0166 e. The Morgan fingerprint density at radius 2 is 1.94 bits per heavy atom. The van der Waals surface area contributed by atoms with Crippen molar-refractivity contribution in [1.29, 1.82) is 0 Å². The molecule has 0 saturated heterocycles. The van der Waals surface area contributed by atoms with Crippen molar-refractivity contribution < 1.29 is 0 Å². The fraction of sp³-hybridized carbons (Fsp3) is 1.00. The highest BCUT2D eigenvalue weighted by Gasteiger charge is 2.13. The third-order valence-corrected chi connectivity index (χ3v) is 3.90. The fourth-order valence-electron chi connectivity index (χ4n) is 2.67. The Morgan fingerprint density at radius 3 is 2.56 bits per heavy atom. The van der Waals surface area contributed by atoms with Gasteiger partial charge in [-0.05, 0) is 39.4 Å². The lowest BCUT2D eigenvalue weighted by Gasteiger charge is -2.24. The Labute approximate surface area is 102 Å². The van der Waals surface area contributed by atoms with Gasteiger partial charge < -0.3 is 10.2 Å². The monoisotopic (exact) mass is 226 g/mol. The first-order valence-electron chi connectivity index (χ1n) is 7.14. The molecular formula is C14H30N2. The van der Waals surface area contributed by atoms with Crippen molar-refractivity contribution in [3.05, 3.63) is 0 Å². The summed E-state index contributed by atoms with van der Waals surface area (Å²) in [6.45, 7) is 8.04. The van der Waals surface area contributed by atoms with Crippen LogP contribution in [-0.4, -0.2) is 37.6 Å². The molecule has 0 radical (unpaired) electrons. The van der Waals surface area contributed by atoms with Crippen LogP contribution in [0.2, 0.25) is 0 Å². The van der Waals surface area contributed by atoms with E-state index in [1.807, 2.05) is 0 Å². The van der Waals surface area contributed by atoms with E-state index in [1.165, 1.54) is 51.6 Å². The minimum Gasteiger partial charge on any atom is -0.313 e. The zero-order chi connectivity index (χ0) is 11.8.